The minimum absolute atomic E-state index is 0.112. The fraction of sp³-hybridized carbons (Fsp3) is 0.500. The van der Waals surface area contributed by atoms with Crippen LogP contribution in [0.25, 0.3) is 0 Å². The van der Waals surface area contributed by atoms with Gasteiger partial charge in [-0.2, -0.15) is 5.48 Å². The van der Waals surface area contributed by atoms with E-state index < -0.39 is 5.91 Å². The molecule has 1 N–H and O–H groups in total. The highest BCUT2D eigenvalue weighted by Gasteiger charge is 2.24. The van der Waals surface area contributed by atoms with Gasteiger partial charge in [-0.05, 0) is 25.8 Å². The lowest BCUT2D eigenvalue weighted by Gasteiger charge is -2.19. The van der Waals surface area contributed by atoms with Crippen LogP contribution in [0.3, 0.4) is 0 Å². The van der Waals surface area contributed by atoms with Crippen molar-refractivity contribution < 1.29 is 14.4 Å². The van der Waals surface area contributed by atoms with E-state index in [1.54, 1.807) is 13.0 Å². The summed E-state index contributed by atoms with van der Waals surface area (Å²) < 4.78 is 0. The largest absolute Gasteiger partial charge is 0.340 e. The average Bonchev–Trinajstić information content (AvgIpc) is 2.47. The maximum atomic E-state index is 11.9. The van der Waals surface area contributed by atoms with Crippen LogP contribution < -0.4 is 5.48 Å². The fourth-order valence-corrected chi connectivity index (χ4v) is 2.48. The first-order valence-corrected chi connectivity index (χ1v) is 7.09. The molecule has 5 nitrogen and oxygen atoms in total. The summed E-state index contributed by atoms with van der Waals surface area (Å²) >= 11 is 5.89. The van der Waals surface area contributed by atoms with Gasteiger partial charge >= 0.3 is 5.97 Å². The van der Waals surface area contributed by atoms with E-state index in [0.717, 1.165) is 32.1 Å². The van der Waals surface area contributed by atoms with Crippen molar-refractivity contribution in [1.29, 1.82) is 0 Å². The zero-order valence-corrected chi connectivity index (χ0v) is 12.1. The summed E-state index contributed by atoms with van der Waals surface area (Å²) in [7, 11) is 0. The molecule has 1 saturated carbocycles. The Morgan fingerprint density at radius 2 is 2.05 bits per heavy atom. The summed E-state index contributed by atoms with van der Waals surface area (Å²) in [6, 6.07) is 1.55. The van der Waals surface area contributed by atoms with Gasteiger partial charge in [0, 0.05) is 11.9 Å². The van der Waals surface area contributed by atoms with E-state index in [4.69, 9.17) is 16.4 Å². The van der Waals surface area contributed by atoms with Gasteiger partial charge in [0.25, 0.3) is 5.91 Å². The molecule has 20 heavy (non-hydrogen) atoms. The highest BCUT2D eigenvalue weighted by molar-refractivity contribution is 6.33. The van der Waals surface area contributed by atoms with Gasteiger partial charge in [0.05, 0.1) is 16.5 Å². The summed E-state index contributed by atoms with van der Waals surface area (Å²) in [6.45, 7) is 1.75. The van der Waals surface area contributed by atoms with Gasteiger partial charge in [-0.1, -0.05) is 30.9 Å². The number of aromatic nitrogens is 1. The van der Waals surface area contributed by atoms with Gasteiger partial charge in [0.15, 0.2) is 0 Å². The Hall–Kier alpha value is -1.62. The lowest BCUT2D eigenvalue weighted by molar-refractivity contribution is -0.155. The molecule has 1 aliphatic rings. The van der Waals surface area contributed by atoms with Crippen molar-refractivity contribution in [2.45, 2.75) is 39.0 Å². The Morgan fingerprint density at radius 3 is 2.75 bits per heavy atom. The molecular formula is C14H17ClN2O3. The summed E-state index contributed by atoms with van der Waals surface area (Å²) in [5.41, 5.74) is 3.07. The molecule has 1 fully saturated rings. The molecule has 0 aromatic carbocycles. The number of hydroxylamine groups is 1. The minimum atomic E-state index is -0.537. The lowest BCUT2D eigenvalue weighted by Crippen LogP contribution is -2.31. The molecule has 1 amide bonds. The van der Waals surface area contributed by atoms with Crippen LogP contribution in [0, 0.1) is 12.8 Å². The smallest absolute Gasteiger partial charge is 0.335 e. The maximum absolute atomic E-state index is 11.9. The van der Waals surface area contributed by atoms with Crippen molar-refractivity contribution >= 4 is 23.5 Å². The Balaban J connectivity index is 1.91. The fourth-order valence-electron chi connectivity index (χ4n) is 2.29. The van der Waals surface area contributed by atoms with Crippen LogP contribution in [-0.4, -0.2) is 16.9 Å². The second-order valence-electron chi connectivity index (χ2n) is 4.99. The Bertz CT molecular complexity index is 513. The summed E-state index contributed by atoms with van der Waals surface area (Å²) in [5, 5.41) is 0.224. The number of carbonyl (C=O) groups is 2. The van der Waals surface area contributed by atoms with Gasteiger partial charge in [0.2, 0.25) is 0 Å². The third-order valence-electron chi connectivity index (χ3n) is 3.42. The zero-order chi connectivity index (χ0) is 14.5. The molecule has 1 aliphatic carbocycles. The van der Waals surface area contributed by atoms with Crippen molar-refractivity contribution in [3.8, 4) is 0 Å². The molecule has 2 rings (SSSR count). The first-order chi connectivity index (χ1) is 9.58. The van der Waals surface area contributed by atoms with Gasteiger partial charge in [-0.15, -0.1) is 0 Å². The maximum Gasteiger partial charge on any atom is 0.335 e. The van der Waals surface area contributed by atoms with Crippen molar-refractivity contribution in [3.63, 3.8) is 0 Å². The van der Waals surface area contributed by atoms with Gasteiger partial charge in [-0.25, -0.2) is 4.79 Å². The number of aryl methyl sites for hydroxylation is 1. The minimum Gasteiger partial charge on any atom is -0.340 e. The molecule has 0 saturated heterocycles. The molecule has 0 bridgehead atoms. The molecule has 0 radical (unpaired) electrons. The van der Waals surface area contributed by atoms with E-state index in [9.17, 15) is 9.59 Å². The van der Waals surface area contributed by atoms with Crippen LogP contribution in [0.2, 0.25) is 5.02 Å². The van der Waals surface area contributed by atoms with E-state index in [2.05, 4.69) is 10.5 Å². The van der Waals surface area contributed by atoms with Gasteiger partial charge in [-0.3, -0.25) is 9.78 Å². The first kappa shape index (κ1) is 14.8. The molecule has 1 aromatic heterocycles. The number of nitrogens with one attached hydrogen (secondary N) is 1. The second kappa shape index (κ2) is 6.70. The average molecular weight is 297 g/mol. The van der Waals surface area contributed by atoms with Crippen LogP contribution in [0.15, 0.2) is 12.3 Å². The SMILES string of the molecule is Cc1cc(C(=O)NOC(=O)C2CCCCC2)c(Cl)cn1. The Labute approximate surface area is 122 Å². The predicted molar refractivity (Wildman–Crippen MR) is 74.1 cm³/mol. The summed E-state index contributed by atoms with van der Waals surface area (Å²) in [6.07, 6.45) is 6.26. The van der Waals surface area contributed by atoms with Crippen molar-refractivity contribution in [2.24, 2.45) is 5.92 Å². The van der Waals surface area contributed by atoms with Crippen molar-refractivity contribution in [2.75, 3.05) is 0 Å². The molecular weight excluding hydrogens is 280 g/mol. The second-order valence-corrected chi connectivity index (χ2v) is 5.40. The van der Waals surface area contributed by atoms with Crippen LogP contribution in [0.1, 0.15) is 48.2 Å². The van der Waals surface area contributed by atoms with E-state index >= 15 is 0 Å². The van der Waals surface area contributed by atoms with E-state index in [-0.39, 0.29) is 22.5 Å². The molecule has 108 valence electrons. The summed E-state index contributed by atoms with van der Waals surface area (Å²) in [5.74, 6) is -1.02. The van der Waals surface area contributed by atoms with Crippen LogP contribution in [0.4, 0.5) is 0 Å². The standard InChI is InChI=1S/C14H17ClN2O3/c1-9-7-11(12(15)8-16-9)13(18)17-20-14(19)10-5-3-2-4-6-10/h7-8,10H,2-6H2,1H3,(H,17,18). The first-order valence-electron chi connectivity index (χ1n) is 6.71. The van der Waals surface area contributed by atoms with Crippen LogP contribution >= 0.6 is 11.6 Å². The highest BCUT2D eigenvalue weighted by Crippen LogP contribution is 2.24. The number of hydrogen-bond acceptors (Lipinski definition) is 4. The molecule has 1 aromatic rings. The lowest BCUT2D eigenvalue weighted by atomic mass is 9.89. The normalized spacial score (nSPS) is 15.7. The van der Waals surface area contributed by atoms with E-state index in [0.29, 0.717) is 5.69 Å². The van der Waals surface area contributed by atoms with E-state index in [1.165, 1.54) is 6.20 Å². The summed E-state index contributed by atoms with van der Waals surface area (Å²) in [4.78, 5) is 32.6. The number of rotatable bonds is 2. The number of pyridine rings is 1. The van der Waals surface area contributed by atoms with Crippen LogP contribution in [0.5, 0.6) is 0 Å². The van der Waals surface area contributed by atoms with E-state index in [1.807, 2.05) is 0 Å². The molecule has 1 heterocycles. The molecule has 6 heteroatoms. The van der Waals surface area contributed by atoms with Crippen LogP contribution in [-0.2, 0) is 9.63 Å². The third kappa shape index (κ3) is 3.70. The van der Waals surface area contributed by atoms with Gasteiger partial charge in [0.1, 0.15) is 0 Å². The number of amides is 1. The van der Waals surface area contributed by atoms with Gasteiger partial charge < -0.3 is 4.84 Å². The monoisotopic (exact) mass is 296 g/mol. The highest BCUT2D eigenvalue weighted by atomic mass is 35.5. The molecule has 0 aliphatic heterocycles. The zero-order valence-electron chi connectivity index (χ0n) is 11.3. The molecule has 0 spiro atoms. The number of nitrogens with zero attached hydrogens (tertiary/aromatic N) is 1. The Kier molecular flexibility index (Phi) is 4.95. The Morgan fingerprint density at radius 1 is 1.35 bits per heavy atom. The predicted octanol–water partition coefficient (Wildman–Crippen LogP) is 2.81. The van der Waals surface area contributed by atoms with Crippen molar-refractivity contribution in [1.82, 2.24) is 10.5 Å². The molecule has 0 atom stereocenters. The topological polar surface area (TPSA) is 68.3 Å². The molecule has 0 unspecified atom stereocenters. The van der Waals surface area contributed by atoms with Crippen molar-refractivity contribution in [3.05, 3.63) is 28.5 Å². The number of halogens is 1. The third-order valence-corrected chi connectivity index (χ3v) is 3.72. The number of hydrogen-bond donors (Lipinski definition) is 1. The number of carbonyl (C=O) groups excluding carboxylic acids is 2. The quantitative estimate of drug-likeness (QED) is 0.852.